The predicted molar refractivity (Wildman–Crippen MR) is 71.6 cm³/mol. The number of aromatic nitrogens is 2. The zero-order chi connectivity index (χ0) is 12.6. The van der Waals surface area contributed by atoms with Crippen LogP contribution in [0.5, 0.6) is 0 Å². The van der Waals surface area contributed by atoms with Gasteiger partial charge in [0.2, 0.25) is 0 Å². The second-order valence-corrected chi connectivity index (χ2v) is 5.27. The Morgan fingerprint density at radius 1 is 1.33 bits per heavy atom. The lowest BCUT2D eigenvalue weighted by Crippen LogP contribution is -2.46. The van der Waals surface area contributed by atoms with Crippen LogP contribution < -0.4 is 4.90 Å². The first-order valence-electron chi connectivity index (χ1n) is 6.33. The zero-order valence-electron chi connectivity index (χ0n) is 10.5. The fourth-order valence-electron chi connectivity index (χ4n) is 2.67. The summed E-state index contributed by atoms with van der Waals surface area (Å²) in [6, 6.07) is 8.00. The number of benzene rings is 1. The Balaban J connectivity index is 2.04. The van der Waals surface area contributed by atoms with Crippen LogP contribution in [0.25, 0.3) is 10.9 Å². The van der Waals surface area contributed by atoms with E-state index in [0.717, 1.165) is 36.0 Å². The molecule has 4 nitrogen and oxygen atoms in total. The molecule has 0 aliphatic carbocycles. The van der Waals surface area contributed by atoms with Crippen LogP contribution in [0.4, 0.5) is 5.69 Å². The van der Waals surface area contributed by atoms with Gasteiger partial charge in [-0.1, -0.05) is 18.2 Å². The minimum Gasteiger partial charge on any atom is -0.388 e. The first-order chi connectivity index (χ1) is 8.66. The predicted octanol–water partition coefficient (Wildman–Crippen LogP) is 1.98. The smallest absolute Gasteiger partial charge is 0.0950 e. The third kappa shape index (κ3) is 2.04. The molecule has 1 aliphatic rings. The lowest BCUT2D eigenvalue weighted by molar-refractivity contribution is 0.0450. The molecule has 1 aromatic heterocycles. The van der Waals surface area contributed by atoms with Crippen molar-refractivity contribution in [2.24, 2.45) is 0 Å². The number of hydrogen-bond acceptors (Lipinski definition) is 4. The minimum absolute atomic E-state index is 0.609. The standard InChI is InChI=1S/C14H17N3O/c1-14(18)7-4-8-17(10-14)13-9-15-16-12-6-3-2-5-11(12)13/h2-3,5-6,9,18H,4,7-8,10H2,1H3. The van der Waals surface area contributed by atoms with E-state index in [1.165, 1.54) is 0 Å². The van der Waals surface area contributed by atoms with Gasteiger partial charge in [-0.05, 0) is 25.8 Å². The second kappa shape index (κ2) is 4.21. The van der Waals surface area contributed by atoms with Crippen LogP contribution in [0.2, 0.25) is 0 Å². The number of fused-ring (bicyclic) bond motifs is 1. The Labute approximate surface area is 106 Å². The van der Waals surface area contributed by atoms with Gasteiger partial charge in [0.1, 0.15) is 0 Å². The highest BCUT2D eigenvalue weighted by molar-refractivity contribution is 5.90. The van der Waals surface area contributed by atoms with Crippen molar-refractivity contribution in [2.45, 2.75) is 25.4 Å². The molecule has 3 rings (SSSR count). The average Bonchev–Trinajstić information content (AvgIpc) is 2.37. The molecule has 0 bridgehead atoms. The summed E-state index contributed by atoms with van der Waals surface area (Å²) in [5.74, 6) is 0. The molecular formula is C14H17N3O. The number of anilines is 1. The molecule has 4 heteroatoms. The highest BCUT2D eigenvalue weighted by Gasteiger charge is 2.29. The highest BCUT2D eigenvalue weighted by Crippen LogP contribution is 2.29. The molecular weight excluding hydrogens is 226 g/mol. The topological polar surface area (TPSA) is 49.2 Å². The maximum Gasteiger partial charge on any atom is 0.0950 e. The summed E-state index contributed by atoms with van der Waals surface area (Å²) in [7, 11) is 0. The van der Waals surface area contributed by atoms with Crippen LogP contribution >= 0.6 is 0 Å². The average molecular weight is 243 g/mol. The van der Waals surface area contributed by atoms with Gasteiger partial charge in [-0.2, -0.15) is 10.2 Å². The van der Waals surface area contributed by atoms with Gasteiger partial charge in [0.15, 0.2) is 0 Å². The molecule has 94 valence electrons. The first kappa shape index (κ1) is 11.4. The Hall–Kier alpha value is -1.68. The number of aliphatic hydroxyl groups is 1. The monoisotopic (exact) mass is 243 g/mol. The summed E-state index contributed by atoms with van der Waals surface area (Å²) < 4.78 is 0. The van der Waals surface area contributed by atoms with Crippen molar-refractivity contribution < 1.29 is 5.11 Å². The Morgan fingerprint density at radius 2 is 2.17 bits per heavy atom. The second-order valence-electron chi connectivity index (χ2n) is 5.27. The van der Waals surface area contributed by atoms with Crippen molar-refractivity contribution in [2.75, 3.05) is 18.0 Å². The van der Waals surface area contributed by atoms with Gasteiger partial charge in [0, 0.05) is 18.5 Å². The van der Waals surface area contributed by atoms with Crippen LogP contribution in [-0.4, -0.2) is 34.0 Å². The van der Waals surface area contributed by atoms with Crippen molar-refractivity contribution in [1.29, 1.82) is 0 Å². The molecule has 0 radical (unpaired) electrons. The van der Waals surface area contributed by atoms with E-state index in [2.05, 4.69) is 21.2 Å². The summed E-state index contributed by atoms with van der Waals surface area (Å²) in [6.45, 7) is 3.52. The summed E-state index contributed by atoms with van der Waals surface area (Å²) in [4.78, 5) is 2.21. The third-order valence-electron chi connectivity index (χ3n) is 3.54. The van der Waals surface area contributed by atoms with E-state index in [1.54, 1.807) is 6.20 Å². The summed E-state index contributed by atoms with van der Waals surface area (Å²) >= 11 is 0. The molecule has 1 atom stereocenters. The normalized spacial score (nSPS) is 24.4. The van der Waals surface area contributed by atoms with Crippen molar-refractivity contribution in [3.8, 4) is 0 Å². The zero-order valence-corrected chi connectivity index (χ0v) is 10.5. The van der Waals surface area contributed by atoms with Crippen LogP contribution in [0.3, 0.4) is 0 Å². The molecule has 1 saturated heterocycles. The van der Waals surface area contributed by atoms with Gasteiger partial charge in [-0.3, -0.25) is 0 Å². The number of nitrogens with zero attached hydrogens (tertiary/aromatic N) is 3. The maximum atomic E-state index is 10.2. The van der Waals surface area contributed by atoms with Crippen LogP contribution in [0.1, 0.15) is 19.8 Å². The Bertz CT molecular complexity index is 562. The lowest BCUT2D eigenvalue weighted by atomic mass is 9.94. The lowest BCUT2D eigenvalue weighted by Gasteiger charge is -2.38. The molecule has 1 fully saturated rings. The number of β-amino-alcohol motifs (C(OH)–C–C–N with tert-alkyl or cyclic N) is 1. The van der Waals surface area contributed by atoms with Gasteiger partial charge >= 0.3 is 0 Å². The van der Waals surface area contributed by atoms with Crippen molar-refractivity contribution in [1.82, 2.24) is 10.2 Å². The number of rotatable bonds is 1. The van der Waals surface area contributed by atoms with Crippen LogP contribution in [-0.2, 0) is 0 Å². The van der Waals surface area contributed by atoms with Crippen LogP contribution in [0.15, 0.2) is 30.5 Å². The quantitative estimate of drug-likeness (QED) is 0.832. The van der Waals surface area contributed by atoms with Gasteiger partial charge in [-0.25, -0.2) is 0 Å². The number of piperidine rings is 1. The first-order valence-corrected chi connectivity index (χ1v) is 6.33. The highest BCUT2D eigenvalue weighted by atomic mass is 16.3. The fourth-order valence-corrected chi connectivity index (χ4v) is 2.67. The van der Waals surface area contributed by atoms with E-state index >= 15 is 0 Å². The van der Waals surface area contributed by atoms with E-state index in [9.17, 15) is 5.11 Å². The van der Waals surface area contributed by atoms with Gasteiger partial charge in [0.25, 0.3) is 0 Å². The molecule has 0 amide bonds. The van der Waals surface area contributed by atoms with E-state index in [-0.39, 0.29) is 0 Å². The summed E-state index contributed by atoms with van der Waals surface area (Å²) in [5, 5.41) is 19.5. The molecule has 1 aromatic carbocycles. The van der Waals surface area contributed by atoms with Crippen molar-refractivity contribution >= 4 is 16.6 Å². The van der Waals surface area contributed by atoms with E-state index in [1.807, 2.05) is 25.1 Å². The molecule has 1 aliphatic heterocycles. The number of hydrogen-bond donors (Lipinski definition) is 1. The molecule has 1 unspecified atom stereocenters. The summed E-state index contributed by atoms with van der Waals surface area (Å²) in [5.41, 5.74) is 1.36. The van der Waals surface area contributed by atoms with Gasteiger partial charge in [-0.15, -0.1) is 0 Å². The molecule has 2 heterocycles. The SMILES string of the molecule is CC1(O)CCCN(c2cnnc3ccccc23)C1. The maximum absolute atomic E-state index is 10.2. The van der Waals surface area contributed by atoms with Crippen molar-refractivity contribution in [3.05, 3.63) is 30.5 Å². The van der Waals surface area contributed by atoms with Gasteiger partial charge < -0.3 is 10.0 Å². The van der Waals surface area contributed by atoms with E-state index in [4.69, 9.17) is 0 Å². The molecule has 0 saturated carbocycles. The third-order valence-corrected chi connectivity index (χ3v) is 3.54. The molecule has 1 N–H and O–H groups in total. The van der Waals surface area contributed by atoms with E-state index in [0.29, 0.717) is 6.54 Å². The van der Waals surface area contributed by atoms with Crippen molar-refractivity contribution in [3.63, 3.8) is 0 Å². The largest absolute Gasteiger partial charge is 0.388 e. The summed E-state index contributed by atoms with van der Waals surface area (Å²) in [6.07, 6.45) is 3.66. The molecule has 18 heavy (non-hydrogen) atoms. The molecule has 0 spiro atoms. The Morgan fingerprint density at radius 3 is 3.00 bits per heavy atom. The fraction of sp³-hybridized carbons (Fsp3) is 0.429. The van der Waals surface area contributed by atoms with Crippen LogP contribution in [0, 0.1) is 0 Å². The van der Waals surface area contributed by atoms with E-state index < -0.39 is 5.60 Å². The van der Waals surface area contributed by atoms with Gasteiger partial charge in [0.05, 0.1) is 23.0 Å². The minimum atomic E-state index is -0.609. The molecule has 2 aromatic rings. The Kier molecular flexibility index (Phi) is 2.67.